The molecule has 2 N–H and O–H groups in total. The van der Waals surface area contributed by atoms with Crippen molar-refractivity contribution in [1.82, 2.24) is 0 Å². The van der Waals surface area contributed by atoms with Crippen LogP contribution in [-0.4, -0.2) is 34.0 Å². The van der Waals surface area contributed by atoms with Gasteiger partial charge in [-0.2, -0.15) is 0 Å². The maximum absolute atomic E-state index is 12.1. The zero-order valence-corrected chi connectivity index (χ0v) is 21.3. The van der Waals surface area contributed by atoms with Crippen LogP contribution in [0.1, 0.15) is 92.4 Å². The summed E-state index contributed by atoms with van der Waals surface area (Å²) in [6.07, 6.45) is 13.5. The molecule has 0 aromatic rings. The predicted octanol–water partition coefficient (Wildman–Crippen LogP) is 6.20. The number of hydrogen-bond donors (Lipinski definition) is 2. The van der Waals surface area contributed by atoms with E-state index in [2.05, 4.69) is 38.7 Å². The Morgan fingerprint density at radius 3 is 2.76 bits per heavy atom. The summed E-state index contributed by atoms with van der Waals surface area (Å²) in [6, 6.07) is 0. The molecule has 0 aliphatic heterocycles. The summed E-state index contributed by atoms with van der Waals surface area (Å²) in [6.45, 7) is 14.5. The summed E-state index contributed by atoms with van der Waals surface area (Å²) in [5.41, 5.74) is 4.52. The molecular formula is C29H44O4. The number of esters is 1. The van der Waals surface area contributed by atoms with Crippen molar-refractivity contribution in [1.29, 1.82) is 0 Å². The minimum atomic E-state index is -0.642. The maximum Gasteiger partial charge on any atom is 0.306 e. The highest BCUT2D eigenvalue weighted by molar-refractivity contribution is 5.69. The zero-order chi connectivity index (χ0) is 24.4. The second-order valence-electron chi connectivity index (χ2n) is 11.7. The van der Waals surface area contributed by atoms with E-state index in [1.54, 1.807) is 5.57 Å². The Hall–Kier alpha value is -1.65. The van der Waals surface area contributed by atoms with Gasteiger partial charge < -0.3 is 14.9 Å². The van der Waals surface area contributed by atoms with Crippen molar-refractivity contribution < 1.29 is 19.7 Å². The van der Waals surface area contributed by atoms with E-state index >= 15 is 0 Å². The first-order chi connectivity index (χ1) is 15.4. The first-order valence-corrected chi connectivity index (χ1v) is 12.8. The van der Waals surface area contributed by atoms with Crippen molar-refractivity contribution in [2.24, 2.45) is 17.3 Å². The third kappa shape index (κ3) is 6.27. The average Bonchev–Trinajstić information content (AvgIpc) is 3.05. The lowest BCUT2D eigenvalue weighted by Gasteiger charge is -2.42. The number of allylic oxidation sites excluding steroid dienone is 5. The van der Waals surface area contributed by atoms with Crippen molar-refractivity contribution >= 4 is 5.97 Å². The van der Waals surface area contributed by atoms with Gasteiger partial charge in [-0.3, -0.25) is 4.79 Å². The first-order valence-electron chi connectivity index (χ1n) is 12.8. The number of rotatable bonds is 6. The Kier molecular flexibility index (Phi) is 8.11. The quantitative estimate of drug-likeness (QED) is 0.369. The van der Waals surface area contributed by atoms with Gasteiger partial charge in [-0.05, 0) is 94.1 Å². The first kappa shape index (κ1) is 26.0. The van der Waals surface area contributed by atoms with E-state index in [4.69, 9.17) is 4.74 Å². The summed E-state index contributed by atoms with van der Waals surface area (Å²) in [5.74, 6) is 0.872. The number of hydrogen-bond acceptors (Lipinski definition) is 4. The van der Waals surface area contributed by atoms with Gasteiger partial charge in [0.2, 0.25) is 0 Å². The Balaban J connectivity index is 1.64. The van der Waals surface area contributed by atoms with Gasteiger partial charge in [0.15, 0.2) is 0 Å². The number of aliphatic hydroxyl groups is 2. The monoisotopic (exact) mass is 456 g/mol. The van der Waals surface area contributed by atoms with E-state index in [0.29, 0.717) is 31.1 Å². The number of aliphatic hydroxyl groups excluding tert-OH is 2. The van der Waals surface area contributed by atoms with E-state index < -0.39 is 17.8 Å². The fourth-order valence-electron chi connectivity index (χ4n) is 6.18. The van der Waals surface area contributed by atoms with Crippen LogP contribution in [0.5, 0.6) is 0 Å². The molecular weight excluding hydrogens is 412 g/mol. The van der Waals surface area contributed by atoms with Gasteiger partial charge in [-0.1, -0.05) is 49.8 Å². The molecule has 0 spiro atoms. The Morgan fingerprint density at radius 2 is 2.06 bits per heavy atom. The van der Waals surface area contributed by atoms with Gasteiger partial charge in [0.05, 0.1) is 12.2 Å². The van der Waals surface area contributed by atoms with Crippen LogP contribution < -0.4 is 0 Å². The SMILES string of the molecule is C=C1/C(=C\C=C2/CCC[C@]3(C)C([C@H](C)CCCC(=O)OC(C)(C)C)=CC[C@@H]23)C[C@H](O)C[C@@H]1O. The van der Waals surface area contributed by atoms with E-state index in [1.165, 1.54) is 18.4 Å². The molecule has 5 atom stereocenters. The fraction of sp³-hybridized carbons (Fsp3) is 0.690. The third-order valence-corrected chi connectivity index (χ3v) is 7.84. The molecule has 33 heavy (non-hydrogen) atoms. The lowest BCUT2D eigenvalue weighted by atomic mass is 9.62. The highest BCUT2D eigenvalue weighted by Crippen LogP contribution is 2.57. The van der Waals surface area contributed by atoms with Crippen LogP contribution in [0.3, 0.4) is 0 Å². The van der Waals surface area contributed by atoms with E-state index in [9.17, 15) is 15.0 Å². The van der Waals surface area contributed by atoms with Crippen LogP contribution in [0.4, 0.5) is 0 Å². The van der Waals surface area contributed by atoms with Crippen LogP contribution in [0, 0.1) is 17.3 Å². The summed E-state index contributed by atoms with van der Waals surface area (Å²) in [7, 11) is 0. The molecule has 0 aromatic carbocycles. The molecule has 0 heterocycles. The molecule has 184 valence electrons. The summed E-state index contributed by atoms with van der Waals surface area (Å²) < 4.78 is 5.46. The van der Waals surface area contributed by atoms with Gasteiger partial charge in [-0.25, -0.2) is 0 Å². The van der Waals surface area contributed by atoms with Gasteiger partial charge in [0.1, 0.15) is 5.60 Å². The van der Waals surface area contributed by atoms with E-state index in [0.717, 1.165) is 36.8 Å². The molecule has 0 bridgehead atoms. The molecule has 0 radical (unpaired) electrons. The topological polar surface area (TPSA) is 66.8 Å². The lowest BCUT2D eigenvalue weighted by molar-refractivity contribution is -0.154. The van der Waals surface area contributed by atoms with Crippen LogP contribution in [-0.2, 0) is 9.53 Å². The smallest absolute Gasteiger partial charge is 0.306 e. The largest absolute Gasteiger partial charge is 0.460 e. The number of ether oxygens (including phenoxy) is 1. The van der Waals surface area contributed by atoms with Crippen LogP contribution in [0.15, 0.2) is 47.1 Å². The van der Waals surface area contributed by atoms with Gasteiger partial charge in [-0.15, -0.1) is 0 Å². The van der Waals surface area contributed by atoms with Crippen LogP contribution in [0.2, 0.25) is 0 Å². The molecule has 3 aliphatic rings. The molecule has 0 saturated heterocycles. The summed E-state index contributed by atoms with van der Waals surface area (Å²) in [4.78, 5) is 12.1. The average molecular weight is 457 g/mol. The molecule has 4 heteroatoms. The highest BCUT2D eigenvalue weighted by atomic mass is 16.6. The molecule has 4 nitrogen and oxygen atoms in total. The molecule has 2 saturated carbocycles. The van der Waals surface area contributed by atoms with Crippen LogP contribution in [0.25, 0.3) is 0 Å². The van der Waals surface area contributed by atoms with Crippen molar-refractivity contribution in [2.75, 3.05) is 0 Å². The second kappa shape index (κ2) is 10.3. The molecule has 2 fully saturated rings. The van der Waals surface area contributed by atoms with E-state index in [1.807, 2.05) is 20.8 Å². The van der Waals surface area contributed by atoms with Crippen molar-refractivity contribution in [2.45, 2.75) is 110 Å². The highest BCUT2D eigenvalue weighted by Gasteiger charge is 2.45. The molecule has 3 rings (SSSR count). The van der Waals surface area contributed by atoms with Crippen molar-refractivity contribution in [3.8, 4) is 0 Å². The minimum Gasteiger partial charge on any atom is -0.460 e. The molecule has 0 unspecified atom stereocenters. The normalized spacial score (nSPS) is 33.7. The predicted molar refractivity (Wildman–Crippen MR) is 134 cm³/mol. The number of carbonyl (C=O) groups is 1. The molecule has 0 amide bonds. The summed E-state index contributed by atoms with van der Waals surface area (Å²) >= 11 is 0. The van der Waals surface area contributed by atoms with Crippen LogP contribution >= 0.6 is 0 Å². The van der Waals surface area contributed by atoms with Gasteiger partial charge in [0.25, 0.3) is 0 Å². The van der Waals surface area contributed by atoms with E-state index in [-0.39, 0.29) is 11.4 Å². The Morgan fingerprint density at radius 1 is 1.33 bits per heavy atom. The Labute approximate surface area is 200 Å². The molecule has 0 aromatic heterocycles. The van der Waals surface area contributed by atoms with Crippen molar-refractivity contribution in [3.63, 3.8) is 0 Å². The zero-order valence-electron chi connectivity index (χ0n) is 21.3. The maximum atomic E-state index is 12.1. The fourth-order valence-corrected chi connectivity index (χ4v) is 6.18. The third-order valence-electron chi connectivity index (χ3n) is 7.84. The minimum absolute atomic E-state index is 0.102. The molecule has 3 aliphatic carbocycles. The number of fused-ring (bicyclic) bond motifs is 1. The second-order valence-corrected chi connectivity index (χ2v) is 11.7. The number of carbonyl (C=O) groups excluding carboxylic acids is 1. The van der Waals surface area contributed by atoms with Crippen molar-refractivity contribution in [3.05, 3.63) is 47.1 Å². The Bertz CT molecular complexity index is 840. The summed E-state index contributed by atoms with van der Waals surface area (Å²) in [5, 5.41) is 20.2. The standard InChI is InChI=1S/C29H44O4/c1-19(9-7-11-27(32)33-28(3,4)5)24-14-15-25-21(10-8-16-29(24,25)6)12-13-22-17-23(30)18-26(31)20(22)2/h12-14,19,23,25-26,30-31H,2,7-11,15-18H2,1,3-6H3/b21-12+,22-13-/t19-,23+,25+,26+,29-/m1/s1. The lowest BCUT2D eigenvalue weighted by Crippen LogP contribution is -2.32. The van der Waals surface area contributed by atoms with Gasteiger partial charge >= 0.3 is 5.97 Å². The van der Waals surface area contributed by atoms with Gasteiger partial charge in [0, 0.05) is 12.8 Å².